The van der Waals surface area contributed by atoms with Gasteiger partial charge in [-0.2, -0.15) is 0 Å². The maximum atomic E-state index is 13.4. The number of aryl methyl sites for hydroxylation is 1. The Kier molecular flexibility index (Phi) is 5.29. The molecule has 2 aliphatic rings. The highest BCUT2D eigenvalue weighted by molar-refractivity contribution is 5.83. The molecule has 0 spiro atoms. The number of benzene rings is 1. The van der Waals surface area contributed by atoms with Crippen LogP contribution in [-0.2, 0) is 11.8 Å². The van der Waals surface area contributed by atoms with Gasteiger partial charge in [0.2, 0.25) is 11.9 Å². The number of nitrogens with zero attached hydrogens (tertiary/aromatic N) is 3. The molecular weight excluding hydrogens is 379 g/mol. The first-order chi connectivity index (χ1) is 13.9. The van der Waals surface area contributed by atoms with Crippen LogP contribution >= 0.6 is 0 Å². The van der Waals surface area contributed by atoms with Crippen molar-refractivity contribution in [3.63, 3.8) is 0 Å². The molecule has 1 aromatic carbocycles. The summed E-state index contributed by atoms with van der Waals surface area (Å²) < 4.78 is 15.2. The summed E-state index contributed by atoms with van der Waals surface area (Å²) in [6.07, 6.45) is 4.90. The molecule has 1 aliphatic carbocycles. The molecular formula is C19H23FN6O3. The van der Waals surface area contributed by atoms with Crippen LogP contribution in [0.15, 0.2) is 36.7 Å². The largest absolute Gasteiger partial charge is 0.341 e. The lowest BCUT2D eigenvalue weighted by Gasteiger charge is -2.29. The minimum absolute atomic E-state index is 0.0272. The molecule has 1 aliphatic heterocycles. The highest BCUT2D eigenvalue weighted by atomic mass is 19.1. The van der Waals surface area contributed by atoms with E-state index in [4.69, 9.17) is 0 Å². The molecule has 9 nitrogen and oxygen atoms in total. The third kappa shape index (κ3) is 3.85. The smallest absolute Gasteiger partial charge is 0.239 e. The second-order valence-corrected chi connectivity index (χ2v) is 7.68. The summed E-state index contributed by atoms with van der Waals surface area (Å²) in [5, 5.41) is 14.2. The fourth-order valence-electron chi connectivity index (χ4n) is 4.32. The van der Waals surface area contributed by atoms with Crippen LogP contribution in [0.3, 0.4) is 0 Å². The van der Waals surface area contributed by atoms with E-state index in [0.717, 1.165) is 0 Å². The third-order valence-electron chi connectivity index (χ3n) is 5.91. The number of carbonyl (C=O) groups excluding carboxylic acids is 1. The van der Waals surface area contributed by atoms with Crippen LogP contribution in [0.1, 0.15) is 36.7 Å². The lowest BCUT2D eigenvalue weighted by atomic mass is 9.79. The quantitative estimate of drug-likeness (QED) is 0.509. The molecule has 2 aromatic rings. The summed E-state index contributed by atoms with van der Waals surface area (Å²) in [4.78, 5) is 28.5. The number of carbonyl (C=O) groups is 1. The fraction of sp³-hybridized carbons (Fsp3) is 0.474. The van der Waals surface area contributed by atoms with Gasteiger partial charge < -0.3 is 9.88 Å². The molecule has 5 unspecified atom stereocenters. The number of halogens is 1. The van der Waals surface area contributed by atoms with Crippen molar-refractivity contribution >= 4 is 5.91 Å². The van der Waals surface area contributed by atoms with Gasteiger partial charge in [0, 0.05) is 49.2 Å². The summed E-state index contributed by atoms with van der Waals surface area (Å²) in [5.41, 5.74) is 6.82. The number of nitrogens with one attached hydrogen (secondary N) is 3. The van der Waals surface area contributed by atoms with Gasteiger partial charge in [0.15, 0.2) is 0 Å². The van der Waals surface area contributed by atoms with Gasteiger partial charge in [-0.05, 0) is 24.1 Å². The molecule has 1 saturated carbocycles. The summed E-state index contributed by atoms with van der Waals surface area (Å²) in [7, 11) is 1.82. The van der Waals surface area contributed by atoms with Crippen LogP contribution < -0.4 is 16.2 Å². The lowest BCUT2D eigenvalue weighted by molar-refractivity contribution is -0.528. The van der Waals surface area contributed by atoms with Crippen LogP contribution in [-0.4, -0.2) is 38.5 Å². The monoisotopic (exact) mass is 402 g/mol. The van der Waals surface area contributed by atoms with Crippen LogP contribution in [0.5, 0.6) is 0 Å². The summed E-state index contributed by atoms with van der Waals surface area (Å²) in [6, 6.07) is 4.14. The van der Waals surface area contributed by atoms with Gasteiger partial charge in [0.05, 0.1) is 0 Å². The number of hydrogen-bond donors (Lipinski definition) is 3. The average Bonchev–Trinajstić information content (AvgIpc) is 3.32. The number of nitro groups is 1. The van der Waals surface area contributed by atoms with E-state index in [2.05, 4.69) is 21.2 Å². The minimum atomic E-state index is -0.629. The van der Waals surface area contributed by atoms with E-state index in [9.17, 15) is 19.3 Å². The Morgan fingerprint density at radius 3 is 2.76 bits per heavy atom. The van der Waals surface area contributed by atoms with E-state index >= 15 is 0 Å². The van der Waals surface area contributed by atoms with E-state index in [-0.39, 0.29) is 28.6 Å². The number of fused-ring (bicyclic) bond motifs is 1. The molecule has 154 valence electrons. The van der Waals surface area contributed by atoms with Crippen molar-refractivity contribution in [3.8, 4) is 0 Å². The number of aromatic nitrogens is 2. The Morgan fingerprint density at radius 2 is 2.10 bits per heavy atom. The molecule has 10 heteroatoms. The van der Waals surface area contributed by atoms with Crippen molar-refractivity contribution in [3.05, 3.63) is 64.0 Å². The predicted octanol–water partition coefficient (Wildman–Crippen LogP) is 1.06. The zero-order chi connectivity index (χ0) is 20.5. The van der Waals surface area contributed by atoms with Crippen molar-refractivity contribution in [2.45, 2.75) is 43.4 Å². The standard InChI is InChI=1S/C19H23FN6O3/c1-25-9-8-21-18(25)16(11-2-4-12(20)5-3-11)22-19(27)17-14-10-13(26(28)29)6-7-15(14)23-24-17/h2-5,8-9,13-17,23-24H,6-7,10H2,1H3,(H,22,27). The maximum absolute atomic E-state index is 13.4. The molecule has 3 N–H and O–H groups in total. The molecule has 1 aromatic heterocycles. The van der Waals surface area contributed by atoms with Gasteiger partial charge in [-0.15, -0.1) is 0 Å². The normalized spacial score (nSPS) is 27.2. The first-order valence-electron chi connectivity index (χ1n) is 9.61. The zero-order valence-electron chi connectivity index (χ0n) is 15.9. The van der Waals surface area contributed by atoms with Gasteiger partial charge in [-0.1, -0.05) is 12.1 Å². The Hall–Kier alpha value is -2.85. The summed E-state index contributed by atoms with van der Waals surface area (Å²) in [6.45, 7) is 0. The van der Waals surface area contributed by atoms with E-state index in [1.54, 1.807) is 29.1 Å². The maximum Gasteiger partial charge on any atom is 0.239 e. The summed E-state index contributed by atoms with van der Waals surface area (Å²) >= 11 is 0. The Morgan fingerprint density at radius 1 is 1.34 bits per heavy atom. The molecule has 1 amide bonds. The first kappa shape index (κ1) is 19.5. The number of amides is 1. The zero-order valence-corrected chi connectivity index (χ0v) is 15.9. The Labute approximate surface area is 166 Å². The molecule has 29 heavy (non-hydrogen) atoms. The number of rotatable bonds is 5. The van der Waals surface area contributed by atoms with Crippen molar-refractivity contribution < 1.29 is 14.1 Å². The molecule has 5 atom stereocenters. The van der Waals surface area contributed by atoms with Crippen LogP contribution in [0, 0.1) is 21.8 Å². The first-order valence-corrected chi connectivity index (χ1v) is 9.61. The molecule has 0 bridgehead atoms. The van der Waals surface area contributed by atoms with Crippen molar-refractivity contribution in [1.29, 1.82) is 0 Å². The van der Waals surface area contributed by atoms with Gasteiger partial charge in [0.1, 0.15) is 23.7 Å². The van der Waals surface area contributed by atoms with Gasteiger partial charge in [0.25, 0.3) is 0 Å². The summed E-state index contributed by atoms with van der Waals surface area (Å²) in [5.74, 6) is -0.198. The Bertz CT molecular complexity index is 902. The SMILES string of the molecule is Cn1ccnc1C(NC(=O)C1NNC2CCC([N+](=O)[O-])CC21)c1ccc(F)cc1. The third-order valence-corrected chi connectivity index (χ3v) is 5.91. The molecule has 2 fully saturated rings. The second kappa shape index (κ2) is 7.88. The average molecular weight is 402 g/mol. The number of hydrogen-bond acceptors (Lipinski definition) is 6. The van der Waals surface area contributed by atoms with E-state index in [0.29, 0.717) is 30.7 Å². The topological polar surface area (TPSA) is 114 Å². The van der Waals surface area contributed by atoms with Crippen molar-refractivity contribution in [2.75, 3.05) is 0 Å². The molecule has 2 heterocycles. The van der Waals surface area contributed by atoms with Crippen molar-refractivity contribution in [2.24, 2.45) is 13.0 Å². The highest BCUT2D eigenvalue weighted by Gasteiger charge is 2.47. The van der Waals surface area contributed by atoms with Crippen LogP contribution in [0.2, 0.25) is 0 Å². The Balaban J connectivity index is 1.56. The molecule has 4 rings (SSSR count). The lowest BCUT2D eigenvalue weighted by Crippen LogP contribution is -2.48. The van der Waals surface area contributed by atoms with Gasteiger partial charge in [-0.3, -0.25) is 20.3 Å². The van der Waals surface area contributed by atoms with Crippen molar-refractivity contribution in [1.82, 2.24) is 25.7 Å². The van der Waals surface area contributed by atoms with Gasteiger partial charge >= 0.3 is 0 Å². The van der Waals surface area contributed by atoms with E-state index < -0.39 is 18.1 Å². The van der Waals surface area contributed by atoms with Crippen LogP contribution in [0.25, 0.3) is 0 Å². The van der Waals surface area contributed by atoms with E-state index in [1.165, 1.54) is 12.1 Å². The van der Waals surface area contributed by atoms with Crippen LogP contribution in [0.4, 0.5) is 4.39 Å². The number of imidazole rings is 1. The predicted molar refractivity (Wildman–Crippen MR) is 102 cm³/mol. The minimum Gasteiger partial charge on any atom is -0.341 e. The van der Waals surface area contributed by atoms with E-state index in [1.807, 2.05) is 7.05 Å². The number of hydrazine groups is 1. The highest BCUT2D eigenvalue weighted by Crippen LogP contribution is 2.32. The second-order valence-electron chi connectivity index (χ2n) is 7.68. The molecule has 0 radical (unpaired) electrons. The van der Waals surface area contributed by atoms with Gasteiger partial charge in [-0.25, -0.2) is 14.8 Å². The fourth-order valence-corrected chi connectivity index (χ4v) is 4.32. The molecule has 1 saturated heterocycles.